The molecule has 0 amide bonds. The quantitative estimate of drug-likeness (QED) is 0.424. The number of unbranched alkanes of at least 4 members (excludes halogenated alkanes) is 2. The highest BCUT2D eigenvalue weighted by Gasteiger charge is 2.06. The van der Waals surface area contributed by atoms with Crippen LogP contribution >= 0.6 is 0 Å². The second kappa shape index (κ2) is 8.46. The van der Waals surface area contributed by atoms with E-state index < -0.39 is 0 Å². The molecule has 0 spiro atoms. The van der Waals surface area contributed by atoms with E-state index in [2.05, 4.69) is 11.9 Å². The van der Waals surface area contributed by atoms with Gasteiger partial charge in [-0.25, -0.2) is 4.79 Å². The summed E-state index contributed by atoms with van der Waals surface area (Å²) in [5.74, 6) is -0.269. The van der Waals surface area contributed by atoms with Crippen molar-refractivity contribution in [3.8, 4) is 0 Å². The normalized spacial score (nSPS) is 11.4. The minimum atomic E-state index is -0.269. The molecule has 0 unspecified atom stereocenters. The number of carbonyl (C=O) groups is 1. The van der Waals surface area contributed by atoms with Crippen molar-refractivity contribution in [3.05, 3.63) is 35.7 Å². The Kier molecular flexibility index (Phi) is 6.86. The Morgan fingerprint density at radius 1 is 1.32 bits per heavy atom. The zero-order chi connectivity index (χ0) is 14.1. The summed E-state index contributed by atoms with van der Waals surface area (Å²) < 4.78 is 4.99. The maximum Gasteiger partial charge on any atom is 0.331 e. The summed E-state index contributed by atoms with van der Waals surface area (Å²) in [6.07, 6.45) is 7.73. The van der Waals surface area contributed by atoms with Gasteiger partial charge in [-0.15, -0.1) is 0 Å². The maximum absolute atomic E-state index is 11.6. The molecule has 0 aliphatic heterocycles. The van der Waals surface area contributed by atoms with Gasteiger partial charge < -0.3 is 4.74 Å². The van der Waals surface area contributed by atoms with Crippen molar-refractivity contribution < 1.29 is 9.53 Å². The van der Waals surface area contributed by atoms with Gasteiger partial charge in [0.05, 0.1) is 6.61 Å². The molecule has 0 atom stereocenters. The van der Waals surface area contributed by atoms with Gasteiger partial charge in [-0.3, -0.25) is 4.98 Å². The monoisotopic (exact) mass is 261 g/mol. The molecule has 0 N–H and O–H groups in total. The topological polar surface area (TPSA) is 39.2 Å². The molecule has 1 rings (SSSR count). The molecule has 0 bridgehead atoms. The van der Waals surface area contributed by atoms with E-state index in [4.69, 9.17) is 4.74 Å². The van der Waals surface area contributed by atoms with Gasteiger partial charge in [0.2, 0.25) is 0 Å². The van der Waals surface area contributed by atoms with Gasteiger partial charge in [-0.2, -0.15) is 0 Å². The van der Waals surface area contributed by atoms with Crippen molar-refractivity contribution in [2.45, 2.75) is 46.5 Å². The molecular formula is C16H23NO2. The second-order valence-corrected chi connectivity index (χ2v) is 4.57. The minimum absolute atomic E-state index is 0.269. The van der Waals surface area contributed by atoms with Crippen LogP contribution in [0.2, 0.25) is 0 Å². The van der Waals surface area contributed by atoms with Gasteiger partial charge in [0.25, 0.3) is 0 Å². The Bertz CT molecular complexity index is 421. The number of hydrogen-bond donors (Lipinski definition) is 0. The smallest absolute Gasteiger partial charge is 0.331 e. The molecule has 104 valence electrons. The summed E-state index contributed by atoms with van der Waals surface area (Å²) >= 11 is 0. The number of nitrogens with zero attached hydrogens (tertiary/aromatic N) is 1. The van der Waals surface area contributed by atoms with Crippen molar-refractivity contribution in [3.63, 3.8) is 0 Å². The molecule has 19 heavy (non-hydrogen) atoms. The van der Waals surface area contributed by atoms with Crippen LogP contribution in [0.5, 0.6) is 0 Å². The molecule has 3 nitrogen and oxygen atoms in total. The average molecular weight is 261 g/mol. The van der Waals surface area contributed by atoms with E-state index in [-0.39, 0.29) is 5.97 Å². The first-order valence-electron chi connectivity index (χ1n) is 6.97. The second-order valence-electron chi connectivity index (χ2n) is 4.57. The lowest BCUT2D eigenvalue weighted by molar-refractivity contribution is -0.137. The molecule has 0 aliphatic carbocycles. The van der Waals surface area contributed by atoms with Crippen LogP contribution in [0.3, 0.4) is 0 Å². The van der Waals surface area contributed by atoms with E-state index in [1.165, 1.54) is 12.8 Å². The standard InChI is InChI=1S/C16H23NO2/c1-4-6-7-8-14(11-16(18)19-5-2)15-10-9-13(3)17-12-15/h9-12H,4-8H2,1-3H3. The largest absolute Gasteiger partial charge is 0.463 e. The van der Waals surface area contributed by atoms with Gasteiger partial charge in [0.1, 0.15) is 0 Å². The van der Waals surface area contributed by atoms with Crippen LogP contribution in [0.25, 0.3) is 5.57 Å². The Morgan fingerprint density at radius 3 is 2.68 bits per heavy atom. The van der Waals surface area contributed by atoms with E-state index in [1.807, 2.05) is 32.2 Å². The molecule has 1 aromatic heterocycles. The van der Waals surface area contributed by atoms with Crippen LogP contribution in [-0.4, -0.2) is 17.6 Å². The third kappa shape index (κ3) is 5.69. The first-order valence-corrected chi connectivity index (χ1v) is 6.97. The molecule has 0 fully saturated rings. The summed E-state index contributed by atoms with van der Waals surface area (Å²) in [5.41, 5.74) is 3.00. The Morgan fingerprint density at radius 2 is 2.11 bits per heavy atom. The van der Waals surface area contributed by atoms with Crippen LogP contribution in [0.1, 0.15) is 50.8 Å². The number of hydrogen-bond acceptors (Lipinski definition) is 3. The van der Waals surface area contributed by atoms with Gasteiger partial charge in [-0.1, -0.05) is 25.8 Å². The number of pyridine rings is 1. The van der Waals surface area contributed by atoms with E-state index in [0.29, 0.717) is 6.61 Å². The molecule has 0 saturated heterocycles. The lowest BCUT2D eigenvalue weighted by Gasteiger charge is -2.08. The highest BCUT2D eigenvalue weighted by Crippen LogP contribution is 2.21. The van der Waals surface area contributed by atoms with E-state index in [1.54, 1.807) is 6.08 Å². The van der Waals surface area contributed by atoms with Gasteiger partial charge in [-0.05, 0) is 43.9 Å². The summed E-state index contributed by atoms with van der Waals surface area (Å²) in [6, 6.07) is 3.98. The Hall–Kier alpha value is -1.64. The summed E-state index contributed by atoms with van der Waals surface area (Å²) in [6.45, 7) is 6.34. The minimum Gasteiger partial charge on any atom is -0.463 e. The molecule has 0 saturated carbocycles. The molecule has 1 heterocycles. The van der Waals surface area contributed by atoms with Crippen molar-refractivity contribution in [2.24, 2.45) is 0 Å². The predicted molar refractivity (Wildman–Crippen MR) is 77.7 cm³/mol. The molecule has 3 heteroatoms. The van der Waals surface area contributed by atoms with Gasteiger partial charge in [0.15, 0.2) is 0 Å². The fraction of sp³-hybridized carbons (Fsp3) is 0.500. The third-order valence-electron chi connectivity index (χ3n) is 2.91. The molecule has 0 radical (unpaired) electrons. The fourth-order valence-electron chi connectivity index (χ4n) is 1.85. The number of aryl methyl sites for hydroxylation is 1. The van der Waals surface area contributed by atoms with Crippen LogP contribution in [0.4, 0.5) is 0 Å². The third-order valence-corrected chi connectivity index (χ3v) is 2.91. The highest BCUT2D eigenvalue weighted by atomic mass is 16.5. The molecule has 0 aromatic carbocycles. The number of aromatic nitrogens is 1. The lowest BCUT2D eigenvalue weighted by Crippen LogP contribution is -2.01. The fourth-order valence-corrected chi connectivity index (χ4v) is 1.85. The Balaban J connectivity index is 2.84. The summed E-state index contributed by atoms with van der Waals surface area (Å²) in [4.78, 5) is 15.9. The Labute approximate surface area is 115 Å². The first kappa shape index (κ1) is 15.4. The van der Waals surface area contributed by atoms with Crippen molar-refractivity contribution >= 4 is 11.5 Å². The van der Waals surface area contributed by atoms with Crippen molar-refractivity contribution in [1.29, 1.82) is 0 Å². The predicted octanol–water partition coefficient (Wildman–Crippen LogP) is 3.92. The molecule has 1 aromatic rings. The van der Waals surface area contributed by atoms with Gasteiger partial charge in [0, 0.05) is 18.0 Å². The van der Waals surface area contributed by atoms with E-state index in [9.17, 15) is 4.79 Å². The van der Waals surface area contributed by atoms with Crippen molar-refractivity contribution in [2.75, 3.05) is 6.61 Å². The van der Waals surface area contributed by atoms with Crippen molar-refractivity contribution in [1.82, 2.24) is 4.98 Å². The molecular weight excluding hydrogens is 238 g/mol. The van der Waals surface area contributed by atoms with Crippen LogP contribution in [-0.2, 0) is 9.53 Å². The molecule has 0 aliphatic rings. The number of carbonyl (C=O) groups excluding carboxylic acids is 1. The van der Waals surface area contributed by atoms with Crippen LogP contribution < -0.4 is 0 Å². The zero-order valence-electron chi connectivity index (χ0n) is 12.1. The van der Waals surface area contributed by atoms with Crippen LogP contribution in [0, 0.1) is 6.92 Å². The lowest BCUT2D eigenvalue weighted by atomic mass is 10.0. The zero-order valence-corrected chi connectivity index (χ0v) is 12.1. The number of esters is 1. The summed E-state index contributed by atoms with van der Waals surface area (Å²) in [5, 5.41) is 0. The summed E-state index contributed by atoms with van der Waals surface area (Å²) in [7, 11) is 0. The van der Waals surface area contributed by atoms with E-state index >= 15 is 0 Å². The maximum atomic E-state index is 11.6. The van der Waals surface area contributed by atoms with E-state index in [0.717, 1.165) is 29.7 Å². The number of rotatable bonds is 7. The number of allylic oxidation sites excluding steroid dienone is 1. The first-order chi connectivity index (χ1) is 9.17. The van der Waals surface area contributed by atoms with Gasteiger partial charge >= 0.3 is 5.97 Å². The average Bonchev–Trinajstić information content (AvgIpc) is 2.39. The SMILES string of the molecule is CCCCCC(=CC(=O)OCC)c1ccc(C)nc1. The van der Waals surface area contributed by atoms with Crippen LogP contribution in [0.15, 0.2) is 24.4 Å². The number of ether oxygens (including phenoxy) is 1. The highest BCUT2D eigenvalue weighted by molar-refractivity contribution is 5.91.